The van der Waals surface area contributed by atoms with Crippen LogP contribution in [0, 0.1) is 5.92 Å². The van der Waals surface area contributed by atoms with Gasteiger partial charge in [-0.25, -0.2) is 0 Å². The maximum Gasteiger partial charge on any atom is 0.0617 e. The maximum absolute atomic E-state index is 5.36. The van der Waals surface area contributed by atoms with Gasteiger partial charge in [-0.05, 0) is 12.8 Å². The first kappa shape index (κ1) is 7.03. The van der Waals surface area contributed by atoms with Crippen LogP contribution in [0.4, 0.5) is 0 Å². The molecule has 0 aliphatic carbocycles. The molecule has 0 amide bonds. The molecule has 1 N–H and O–H groups in total. The molecule has 1 rings (SSSR count). The van der Waals surface area contributed by atoms with E-state index in [2.05, 4.69) is 19.2 Å². The summed E-state index contributed by atoms with van der Waals surface area (Å²) in [6.07, 6.45) is 0. The van der Waals surface area contributed by atoms with E-state index in [1.54, 1.807) is 0 Å². The third-order valence-corrected chi connectivity index (χ3v) is 1.58. The Hall–Kier alpha value is -0.0800. The lowest BCUT2D eigenvalue weighted by molar-refractivity contribution is 0.116. The van der Waals surface area contributed by atoms with Crippen molar-refractivity contribution in [2.75, 3.05) is 19.8 Å². The molecular formula is C7H15NO. The summed E-state index contributed by atoms with van der Waals surface area (Å²) in [5.41, 5.74) is 0. The van der Waals surface area contributed by atoms with Crippen LogP contribution in [0.2, 0.25) is 0 Å². The van der Waals surface area contributed by atoms with Gasteiger partial charge in [-0.1, -0.05) is 6.92 Å². The second-order valence-electron chi connectivity index (χ2n) is 2.95. The number of ether oxygens (including phenoxy) is 1. The van der Waals surface area contributed by atoms with E-state index in [0.717, 1.165) is 19.8 Å². The maximum atomic E-state index is 5.36. The molecule has 2 unspecified atom stereocenters. The van der Waals surface area contributed by atoms with E-state index in [1.807, 2.05) is 0 Å². The molecule has 9 heavy (non-hydrogen) atoms. The normalized spacial score (nSPS) is 38.0. The number of nitrogens with one attached hydrogen (secondary N) is 1. The highest BCUT2D eigenvalue weighted by Crippen LogP contribution is 1.99. The molecule has 2 atom stereocenters. The fraction of sp³-hybridized carbons (Fsp3) is 1.00. The lowest BCUT2D eigenvalue weighted by atomic mass is 10.2. The number of hydrogen-bond acceptors (Lipinski definition) is 2. The van der Waals surface area contributed by atoms with Gasteiger partial charge in [0.15, 0.2) is 0 Å². The van der Waals surface area contributed by atoms with Gasteiger partial charge < -0.3 is 10.1 Å². The predicted molar refractivity (Wildman–Crippen MR) is 37.4 cm³/mol. The summed E-state index contributed by atoms with van der Waals surface area (Å²) in [4.78, 5) is 0. The quantitative estimate of drug-likeness (QED) is 0.518. The molecule has 0 saturated carbocycles. The summed E-state index contributed by atoms with van der Waals surface area (Å²) in [6, 6.07) is 0.537. The van der Waals surface area contributed by atoms with Crippen LogP contribution >= 0.6 is 0 Å². The van der Waals surface area contributed by atoms with E-state index >= 15 is 0 Å². The van der Waals surface area contributed by atoms with Gasteiger partial charge >= 0.3 is 0 Å². The van der Waals surface area contributed by atoms with E-state index in [9.17, 15) is 0 Å². The van der Waals surface area contributed by atoms with E-state index in [1.165, 1.54) is 0 Å². The minimum Gasteiger partial charge on any atom is -0.380 e. The van der Waals surface area contributed by atoms with Crippen LogP contribution in [-0.4, -0.2) is 25.8 Å². The molecular weight excluding hydrogens is 114 g/mol. The monoisotopic (exact) mass is 129 g/mol. The first-order valence-electron chi connectivity index (χ1n) is 3.60. The highest BCUT2D eigenvalue weighted by Gasteiger charge is 2.10. The minimum atomic E-state index is 0.537. The molecule has 0 aromatic heterocycles. The van der Waals surface area contributed by atoms with E-state index in [0.29, 0.717) is 12.0 Å². The summed E-state index contributed by atoms with van der Waals surface area (Å²) in [5, 5.41) is 3.37. The minimum absolute atomic E-state index is 0.537. The Bertz CT molecular complexity index is 75.0. The highest BCUT2D eigenvalue weighted by atomic mass is 16.5. The molecule has 1 fully saturated rings. The van der Waals surface area contributed by atoms with Gasteiger partial charge in [0, 0.05) is 12.6 Å². The molecule has 54 valence electrons. The summed E-state index contributed by atoms with van der Waals surface area (Å²) in [7, 11) is 0. The van der Waals surface area contributed by atoms with Crippen LogP contribution < -0.4 is 5.32 Å². The Morgan fingerprint density at radius 1 is 1.33 bits per heavy atom. The molecule has 0 aromatic carbocycles. The van der Waals surface area contributed by atoms with Crippen LogP contribution in [0.3, 0.4) is 0 Å². The van der Waals surface area contributed by atoms with Crippen molar-refractivity contribution < 1.29 is 4.74 Å². The summed E-state index contributed by atoms with van der Waals surface area (Å²) in [6.45, 7) is 7.23. The van der Waals surface area contributed by atoms with Crippen molar-refractivity contribution in [3.05, 3.63) is 0 Å². The van der Waals surface area contributed by atoms with Gasteiger partial charge in [0.1, 0.15) is 0 Å². The molecule has 2 nitrogen and oxygen atoms in total. The molecule has 0 radical (unpaired) electrons. The van der Waals surface area contributed by atoms with Crippen LogP contribution in [0.1, 0.15) is 13.8 Å². The first-order chi connectivity index (χ1) is 4.29. The van der Waals surface area contributed by atoms with Crippen molar-refractivity contribution in [3.63, 3.8) is 0 Å². The van der Waals surface area contributed by atoms with Crippen LogP contribution in [0.5, 0.6) is 0 Å². The summed E-state index contributed by atoms with van der Waals surface area (Å²) in [5.74, 6) is 0.676. The highest BCUT2D eigenvalue weighted by molar-refractivity contribution is 4.66. The van der Waals surface area contributed by atoms with Crippen molar-refractivity contribution in [1.82, 2.24) is 5.32 Å². The van der Waals surface area contributed by atoms with Crippen molar-refractivity contribution >= 4 is 0 Å². The van der Waals surface area contributed by atoms with Gasteiger partial charge in [-0.15, -0.1) is 0 Å². The Morgan fingerprint density at radius 3 is 2.89 bits per heavy atom. The van der Waals surface area contributed by atoms with E-state index < -0.39 is 0 Å². The van der Waals surface area contributed by atoms with Gasteiger partial charge in [0.2, 0.25) is 0 Å². The molecule has 1 heterocycles. The molecule has 1 saturated heterocycles. The third kappa shape index (κ3) is 2.33. The van der Waals surface area contributed by atoms with Crippen LogP contribution in [-0.2, 0) is 4.74 Å². The zero-order valence-corrected chi connectivity index (χ0v) is 6.18. The average molecular weight is 129 g/mol. The largest absolute Gasteiger partial charge is 0.380 e. The predicted octanol–water partition coefficient (Wildman–Crippen LogP) is 0.631. The fourth-order valence-electron chi connectivity index (χ4n) is 0.966. The number of hydrogen-bond donors (Lipinski definition) is 1. The van der Waals surface area contributed by atoms with Crippen molar-refractivity contribution in [3.8, 4) is 0 Å². The van der Waals surface area contributed by atoms with Crippen molar-refractivity contribution in [1.29, 1.82) is 0 Å². The lowest BCUT2D eigenvalue weighted by Crippen LogP contribution is -2.29. The molecule has 2 heteroatoms. The first-order valence-corrected chi connectivity index (χ1v) is 3.60. The third-order valence-electron chi connectivity index (χ3n) is 1.58. The Balaban J connectivity index is 2.25. The smallest absolute Gasteiger partial charge is 0.0617 e. The second kappa shape index (κ2) is 3.18. The second-order valence-corrected chi connectivity index (χ2v) is 2.95. The summed E-state index contributed by atoms with van der Waals surface area (Å²) < 4.78 is 5.36. The zero-order chi connectivity index (χ0) is 6.69. The standard InChI is InChI=1S/C7H15NO/c1-6-3-8-7(2)5-9-4-6/h6-8H,3-5H2,1-2H3. The van der Waals surface area contributed by atoms with E-state index in [-0.39, 0.29) is 0 Å². The molecule has 0 aromatic rings. The van der Waals surface area contributed by atoms with Crippen LogP contribution in [0.15, 0.2) is 0 Å². The Labute approximate surface area is 56.6 Å². The van der Waals surface area contributed by atoms with E-state index in [4.69, 9.17) is 4.74 Å². The van der Waals surface area contributed by atoms with Crippen molar-refractivity contribution in [2.24, 2.45) is 5.92 Å². The fourth-order valence-corrected chi connectivity index (χ4v) is 0.966. The van der Waals surface area contributed by atoms with Crippen molar-refractivity contribution in [2.45, 2.75) is 19.9 Å². The topological polar surface area (TPSA) is 21.3 Å². The Morgan fingerprint density at radius 2 is 2.11 bits per heavy atom. The van der Waals surface area contributed by atoms with Gasteiger partial charge in [0.05, 0.1) is 13.2 Å². The Kier molecular flexibility index (Phi) is 2.49. The average Bonchev–Trinajstić information content (AvgIpc) is 1.97. The molecule has 1 aliphatic heterocycles. The molecule has 1 aliphatic rings. The lowest BCUT2D eigenvalue weighted by Gasteiger charge is -2.07. The molecule has 0 spiro atoms. The van der Waals surface area contributed by atoms with Crippen LogP contribution in [0.25, 0.3) is 0 Å². The zero-order valence-electron chi connectivity index (χ0n) is 6.18. The van der Waals surface area contributed by atoms with Gasteiger partial charge in [-0.3, -0.25) is 0 Å². The van der Waals surface area contributed by atoms with Gasteiger partial charge in [0.25, 0.3) is 0 Å². The van der Waals surface area contributed by atoms with Gasteiger partial charge in [-0.2, -0.15) is 0 Å². The molecule has 0 bridgehead atoms. The number of rotatable bonds is 0. The summed E-state index contributed by atoms with van der Waals surface area (Å²) >= 11 is 0. The SMILES string of the molecule is CC1CNC(C)COC1.